The molecule has 138 valence electrons. The van der Waals surface area contributed by atoms with E-state index in [-0.39, 0.29) is 12.6 Å². The van der Waals surface area contributed by atoms with Crippen LogP contribution in [0.2, 0.25) is 13.3 Å². The Bertz CT molecular complexity index is 388. The van der Waals surface area contributed by atoms with Crippen LogP contribution in [0.3, 0.4) is 0 Å². The molecule has 0 spiro atoms. The van der Waals surface area contributed by atoms with Crippen molar-refractivity contribution in [3.8, 4) is 0 Å². The Morgan fingerprint density at radius 2 is 1.50 bits per heavy atom. The average Bonchev–Trinajstić information content (AvgIpc) is 2.58. The number of unbranched alkanes of at least 4 members (excludes halogenated alkanes) is 3. The number of hydrogen-bond donors (Lipinski definition) is 0. The monoisotopic (exact) mass is 442 g/mol. The van der Waals surface area contributed by atoms with Gasteiger partial charge in [0.2, 0.25) is 0 Å². The van der Waals surface area contributed by atoms with Crippen molar-refractivity contribution in [1.29, 1.82) is 0 Å². The second-order valence-corrected chi connectivity index (χ2v) is 19.8. The molecule has 0 amide bonds. The van der Waals surface area contributed by atoms with Crippen molar-refractivity contribution in [3.05, 3.63) is 34.5 Å². The second-order valence-electron chi connectivity index (χ2n) is 6.81. The van der Waals surface area contributed by atoms with Gasteiger partial charge in [0.15, 0.2) is 0 Å². The maximum absolute atomic E-state index is 11.7. The predicted molar refractivity (Wildman–Crippen MR) is 109 cm³/mol. The number of rotatable bonds is 14. The first kappa shape index (κ1) is 23.5. The Hall–Kier alpha value is -0.511. The van der Waals surface area contributed by atoms with E-state index in [2.05, 4.69) is 37.5 Å². The number of esters is 1. The van der Waals surface area contributed by atoms with Crippen molar-refractivity contribution < 1.29 is 9.53 Å². The first-order chi connectivity index (χ1) is 11.5. The van der Waals surface area contributed by atoms with Crippen molar-refractivity contribution in [2.24, 2.45) is 0 Å². The van der Waals surface area contributed by atoms with Crippen LogP contribution in [0.1, 0.15) is 66.2 Å². The van der Waals surface area contributed by atoms with Gasteiger partial charge in [-0.25, -0.2) is 0 Å². The predicted octanol–water partition coefficient (Wildman–Crippen LogP) is 6.61. The minimum absolute atomic E-state index is 0.270. The molecule has 0 aliphatic carbocycles. The van der Waals surface area contributed by atoms with E-state index in [1.807, 2.05) is 6.92 Å². The number of allylic oxidation sites excluding steroid dienone is 2. The van der Waals surface area contributed by atoms with Crippen LogP contribution in [0.4, 0.5) is 0 Å². The third-order valence-electron chi connectivity index (χ3n) is 4.47. The molecule has 0 aliphatic heterocycles. The summed E-state index contributed by atoms with van der Waals surface area (Å²) in [6, 6.07) is 0. The molecule has 0 rings (SSSR count). The molecule has 3 heteroatoms. The van der Waals surface area contributed by atoms with E-state index in [4.69, 9.17) is 4.74 Å². The Morgan fingerprint density at radius 1 is 1.00 bits per heavy atom. The van der Waals surface area contributed by atoms with E-state index >= 15 is 0 Å². The van der Waals surface area contributed by atoms with Gasteiger partial charge in [-0.05, 0) is 0 Å². The molecule has 24 heavy (non-hydrogen) atoms. The zero-order valence-corrected chi connectivity index (χ0v) is 19.3. The number of carbonyl (C=O) groups is 1. The van der Waals surface area contributed by atoms with Gasteiger partial charge in [0, 0.05) is 0 Å². The van der Waals surface area contributed by atoms with Crippen molar-refractivity contribution in [2.45, 2.75) is 79.5 Å². The van der Waals surface area contributed by atoms with Crippen LogP contribution in [-0.2, 0) is 9.53 Å². The van der Waals surface area contributed by atoms with Gasteiger partial charge in [0.1, 0.15) is 0 Å². The van der Waals surface area contributed by atoms with Gasteiger partial charge in [-0.3, -0.25) is 0 Å². The summed E-state index contributed by atoms with van der Waals surface area (Å²) in [6.07, 6.45) is 13.4. The molecule has 0 fully saturated rings. The van der Waals surface area contributed by atoms with E-state index in [1.54, 1.807) is 12.2 Å². The van der Waals surface area contributed by atoms with Crippen molar-refractivity contribution in [1.82, 2.24) is 0 Å². The second kappa shape index (κ2) is 14.8. The molecule has 0 saturated carbocycles. The fourth-order valence-corrected chi connectivity index (χ4v) is 17.3. The third kappa shape index (κ3) is 11.1. The van der Waals surface area contributed by atoms with E-state index in [9.17, 15) is 4.79 Å². The SMILES string of the molecule is C=CCOC(=O)C=C(C)C=[CH][Sn]([CH2]CCC)([CH2]CCC)[CH2]CCC. The molecule has 0 aromatic heterocycles. The molecule has 0 N–H and O–H groups in total. The summed E-state index contributed by atoms with van der Waals surface area (Å²) in [6.45, 7) is 12.7. The summed E-state index contributed by atoms with van der Waals surface area (Å²) in [5.41, 5.74) is 1.01. The van der Waals surface area contributed by atoms with Gasteiger partial charge in [-0.1, -0.05) is 0 Å². The van der Waals surface area contributed by atoms with Crippen molar-refractivity contribution in [2.75, 3.05) is 6.61 Å². The summed E-state index contributed by atoms with van der Waals surface area (Å²) in [7, 11) is 0. The summed E-state index contributed by atoms with van der Waals surface area (Å²) >= 11 is -2.24. The van der Waals surface area contributed by atoms with Crippen LogP contribution in [0.5, 0.6) is 0 Å². The Morgan fingerprint density at radius 3 is 1.92 bits per heavy atom. The molecule has 0 aliphatic rings. The maximum atomic E-state index is 11.7. The Balaban J connectivity index is 5.11. The molecule has 0 aromatic carbocycles. The molecule has 0 unspecified atom stereocenters. The average molecular weight is 441 g/mol. The quantitative estimate of drug-likeness (QED) is 0.0998. The molecular formula is C21H38O2Sn. The van der Waals surface area contributed by atoms with Crippen LogP contribution in [-0.4, -0.2) is 31.0 Å². The number of hydrogen-bond acceptors (Lipinski definition) is 2. The number of carbonyl (C=O) groups excluding carboxylic acids is 1. The van der Waals surface area contributed by atoms with Gasteiger partial charge in [-0.2, -0.15) is 0 Å². The third-order valence-corrected chi connectivity index (χ3v) is 18.5. The van der Waals surface area contributed by atoms with Crippen LogP contribution < -0.4 is 0 Å². The Kier molecular flexibility index (Phi) is 14.5. The van der Waals surface area contributed by atoms with E-state index in [0.717, 1.165) is 5.57 Å². The van der Waals surface area contributed by atoms with Crippen LogP contribution >= 0.6 is 0 Å². The van der Waals surface area contributed by atoms with Gasteiger partial charge in [-0.15, -0.1) is 0 Å². The summed E-state index contributed by atoms with van der Waals surface area (Å²) < 4.78 is 12.0. The van der Waals surface area contributed by atoms with Gasteiger partial charge >= 0.3 is 154 Å². The van der Waals surface area contributed by atoms with Crippen molar-refractivity contribution >= 4 is 24.3 Å². The number of ether oxygens (including phenoxy) is 1. The van der Waals surface area contributed by atoms with E-state index < -0.39 is 18.4 Å². The zero-order chi connectivity index (χ0) is 18.3. The standard InChI is InChI=1S/C9H11O2.3C4H9.Sn/c1-4-6-11-9(10)7-8(3)5-2;3*1-3-4-2;/h2,4-5,7H,1,6H2,3H3;3*1,3-4H2,2H3;. The topological polar surface area (TPSA) is 26.3 Å². The first-order valence-corrected chi connectivity index (χ1v) is 17.4. The normalized spacial score (nSPS) is 12.6. The van der Waals surface area contributed by atoms with E-state index in [0.29, 0.717) is 0 Å². The van der Waals surface area contributed by atoms with Crippen LogP contribution in [0, 0.1) is 0 Å². The van der Waals surface area contributed by atoms with Crippen molar-refractivity contribution in [3.63, 3.8) is 0 Å². The molecule has 0 saturated heterocycles. The molecular weight excluding hydrogens is 403 g/mol. The van der Waals surface area contributed by atoms with Gasteiger partial charge in [0.05, 0.1) is 0 Å². The minimum atomic E-state index is -2.24. The summed E-state index contributed by atoms with van der Waals surface area (Å²) in [5, 5.41) is 0. The molecule has 0 radical (unpaired) electrons. The molecule has 0 atom stereocenters. The van der Waals surface area contributed by atoms with E-state index in [1.165, 1.54) is 51.8 Å². The molecule has 0 heterocycles. The molecule has 2 nitrogen and oxygen atoms in total. The molecule has 0 bridgehead atoms. The van der Waals surface area contributed by atoms with Crippen LogP contribution in [0.15, 0.2) is 34.5 Å². The fourth-order valence-electron chi connectivity index (χ4n) is 2.94. The van der Waals surface area contributed by atoms with Gasteiger partial charge in [0.25, 0.3) is 0 Å². The Labute approximate surface area is 154 Å². The van der Waals surface area contributed by atoms with Crippen LogP contribution in [0.25, 0.3) is 0 Å². The fraction of sp³-hybridized carbons (Fsp3) is 0.667. The first-order valence-electron chi connectivity index (χ1n) is 9.68. The van der Waals surface area contributed by atoms with Gasteiger partial charge < -0.3 is 0 Å². The summed E-state index contributed by atoms with van der Waals surface area (Å²) in [5.74, 6) is -0.270. The molecule has 0 aromatic rings. The summed E-state index contributed by atoms with van der Waals surface area (Å²) in [4.78, 5) is 11.7. The zero-order valence-electron chi connectivity index (χ0n) is 16.4.